The van der Waals surface area contributed by atoms with E-state index in [0.717, 1.165) is 24.0 Å². The highest BCUT2D eigenvalue weighted by Gasteiger charge is 2.02. The lowest BCUT2D eigenvalue weighted by Gasteiger charge is -2.03. The summed E-state index contributed by atoms with van der Waals surface area (Å²) in [6, 6.07) is 3.46. The third-order valence-corrected chi connectivity index (χ3v) is 1.99. The third-order valence-electron chi connectivity index (χ3n) is 1.59. The van der Waals surface area contributed by atoms with Crippen LogP contribution in [-0.4, -0.2) is 11.9 Å². The van der Waals surface area contributed by atoms with Crippen LogP contribution in [0.15, 0.2) is 18.2 Å². The molecule has 1 N–H and O–H groups in total. The SMILES string of the molecule is Fc1ccc(F)c(CNCCBr)c1. The van der Waals surface area contributed by atoms with E-state index in [1.54, 1.807) is 0 Å². The molecule has 0 unspecified atom stereocenters. The number of rotatable bonds is 4. The maximum absolute atomic E-state index is 13.0. The molecule has 0 spiro atoms. The zero-order valence-electron chi connectivity index (χ0n) is 6.99. The quantitative estimate of drug-likeness (QED) is 0.639. The summed E-state index contributed by atoms with van der Waals surface area (Å²) in [6.07, 6.45) is 0. The average molecular weight is 250 g/mol. The number of nitrogens with one attached hydrogen (secondary N) is 1. The fourth-order valence-electron chi connectivity index (χ4n) is 0.969. The van der Waals surface area contributed by atoms with E-state index in [2.05, 4.69) is 21.2 Å². The van der Waals surface area contributed by atoms with Crippen molar-refractivity contribution in [2.45, 2.75) is 6.54 Å². The topological polar surface area (TPSA) is 12.0 Å². The van der Waals surface area contributed by atoms with Crippen molar-refractivity contribution >= 4 is 15.9 Å². The first-order valence-electron chi connectivity index (χ1n) is 3.94. The van der Waals surface area contributed by atoms with Gasteiger partial charge < -0.3 is 5.32 Å². The third kappa shape index (κ3) is 3.40. The lowest BCUT2D eigenvalue weighted by Crippen LogP contribution is -2.16. The minimum absolute atomic E-state index is 0.356. The highest BCUT2D eigenvalue weighted by atomic mass is 79.9. The summed E-state index contributed by atoms with van der Waals surface area (Å²) in [4.78, 5) is 0. The predicted octanol–water partition coefficient (Wildman–Crippen LogP) is 2.45. The van der Waals surface area contributed by atoms with Gasteiger partial charge in [0.25, 0.3) is 0 Å². The molecule has 1 aromatic rings. The van der Waals surface area contributed by atoms with Crippen LogP contribution in [0.2, 0.25) is 0 Å². The van der Waals surface area contributed by atoms with Crippen LogP contribution < -0.4 is 5.32 Å². The minimum Gasteiger partial charge on any atom is -0.312 e. The van der Waals surface area contributed by atoms with E-state index in [-0.39, 0.29) is 5.82 Å². The van der Waals surface area contributed by atoms with Gasteiger partial charge in [0.05, 0.1) is 0 Å². The van der Waals surface area contributed by atoms with E-state index in [1.807, 2.05) is 0 Å². The van der Waals surface area contributed by atoms with Crippen LogP contribution in [0.5, 0.6) is 0 Å². The molecule has 0 fully saturated rings. The van der Waals surface area contributed by atoms with E-state index >= 15 is 0 Å². The lowest BCUT2D eigenvalue weighted by molar-refractivity contribution is 0.573. The zero-order chi connectivity index (χ0) is 9.68. The van der Waals surface area contributed by atoms with Crippen molar-refractivity contribution in [1.29, 1.82) is 0 Å². The largest absolute Gasteiger partial charge is 0.312 e. The summed E-state index contributed by atoms with van der Waals surface area (Å²) in [6.45, 7) is 1.09. The second kappa shape index (κ2) is 5.29. The first kappa shape index (κ1) is 10.6. The molecule has 0 aliphatic rings. The maximum Gasteiger partial charge on any atom is 0.127 e. The summed E-state index contributed by atoms with van der Waals surface area (Å²) in [5.74, 6) is -0.777. The van der Waals surface area contributed by atoms with E-state index in [0.29, 0.717) is 12.1 Å². The molecule has 0 aliphatic carbocycles. The predicted molar refractivity (Wildman–Crippen MR) is 51.9 cm³/mol. The van der Waals surface area contributed by atoms with Crippen LogP contribution in [0.4, 0.5) is 8.78 Å². The molecular weight excluding hydrogens is 240 g/mol. The number of benzene rings is 1. The Balaban J connectivity index is 2.59. The zero-order valence-corrected chi connectivity index (χ0v) is 8.57. The second-order valence-corrected chi connectivity index (χ2v) is 3.39. The van der Waals surface area contributed by atoms with Crippen molar-refractivity contribution in [3.63, 3.8) is 0 Å². The highest BCUT2D eigenvalue weighted by molar-refractivity contribution is 9.09. The van der Waals surface area contributed by atoms with E-state index in [9.17, 15) is 8.78 Å². The minimum atomic E-state index is -0.406. The van der Waals surface area contributed by atoms with E-state index < -0.39 is 5.82 Å². The molecule has 1 nitrogen and oxygen atoms in total. The Morgan fingerprint density at radius 1 is 1.31 bits per heavy atom. The first-order valence-corrected chi connectivity index (χ1v) is 5.07. The molecule has 0 saturated carbocycles. The molecule has 0 amide bonds. The van der Waals surface area contributed by atoms with Crippen LogP contribution in [0.1, 0.15) is 5.56 Å². The van der Waals surface area contributed by atoms with E-state index in [1.165, 1.54) is 6.07 Å². The second-order valence-electron chi connectivity index (χ2n) is 2.60. The van der Waals surface area contributed by atoms with Crippen LogP contribution in [-0.2, 0) is 6.54 Å². The van der Waals surface area contributed by atoms with Gasteiger partial charge >= 0.3 is 0 Å². The Labute approximate surface area is 84.3 Å². The fourth-order valence-corrected chi connectivity index (χ4v) is 1.25. The Morgan fingerprint density at radius 2 is 2.08 bits per heavy atom. The van der Waals surface area contributed by atoms with Gasteiger partial charge in [0.1, 0.15) is 11.6 Å². The van der Waals surface area contributed by atoms with Crippen LogP contribution in [0.25, 0.3) is 0 Å². The van der Waals surface area contributed by atoms with Crippen molar-refractivity contribution in [2.75, 3.05) is 11.9 Å². The van der Waals surface area contributed by atoms with Crippen molar-refractivity contribution in [1.82, 2.24) is 5.32 Å². The van der Waals surface area contributed by atoms with Crippen molar-refractivity contribution in [2.24, 2.45) is 0 Å². The summed E-state index contributed by atoms with van der Waals surface area (Å²) in [5, 5.41) is 3.76. The van der Waals surface area contributed by atoms with Gasteiger partial charge in [0.15, 0.2) is 0 Å². The van der Waals surface area contributed by atoms with E-state index in [4.69, 9.17) is 0 Å². The summed E-state index contributed by atoms with van der Waals surface area (Å²) >= 11 is 3.23. The standard InChI is InChI=1S/C9H10BrF2N/c10-3-4-13-6-7-5-8(11)1-2-9(7)12/h1-2,5,13H,3-4,6H2. The highest BCUT2D eigenvalue weighted by Crippen LogP contribution is 2.08. The van der Waals surface area contributed by atoms with Gasteiger partial charge in [-0.2, -0.15) is 0 Å². The molecule has 72 valence electrons. The Bertz CT molecular complexity index is 278. The van der Waals surface area contributed by atoms with Gasteiger partial charge in [-0.05, 0) is 18.2 Å². The van der Waals surface area contributed by atoms with Crippen LogP contribution in [0.3, 0.4) is 0 Å². The Hall–Kier alpha value is -0.480. The van der Waals surface area contributed by atoms with Gasteiger partial charge in [0.2, 0.25) is 0 Å². The molecule has 0 aliphatic heterocycles. The Kier molecular flexibility index (Phi) is 4.32. The van der Waals surface area contributed by atoms with Crippen LogP contribution in [0, 0.1) is 11.6 Å². The van der Waals surface area contributed by atoms with Crippen LogP contribution >= 0.6 is 15.9 Å². The number of hydrogen-bond acceptors (Lipinski definition) is 1. The van der Waals surface area contributed by atoms with Gasteiger partial charge in [-0.3, -0.25) is 0 Å². The molecule has 0 aromatic heterocycles. The molecule has 1 rings (SSSR count). The smallest absolute Gasteiger partial charge is 0.127 e. The Morgan fingerprint density at radius 3 is 2.77 bits per heavy atom. The molecule has 0 bridgehead atoms. The number of halogens is 3. The van der Waals surface area contributed by atoms with Gasteiger partial charge in [0, 0.05) is 24.0 Å². The van der Waals surface area contributed by atoms with Gasteiger partial charge in [-0.25, -0.2) is 8.78 Å². The number of hydrogen-bond donors (Lipinski definition) is 1. The van der Waals surface area contributed by atoms with Gasteiger partial charge in [-0.1, -0.05) is 15.9 Å². The summed E-state index contributed by atoms with van der Waals surface area (Å²) < 4.78 is 25.6. The monoisotopic (exact) mass is 249 g/mol. The summed E-state index contributed by atoms with van der Waals surface area (Å²) in [5.41, 5.74) is 0.362. The molecule has 0 saturated heterocycles. The lowest BCUT2D eigenvalue weighted by atomic mass is 10.2. The molecule has 0 radical (unpaired) electrons. The first-order chi connectivity index (χ1) is 6.24. The molecule has 0 heterocycles. The average Bonchev–Trinajstić information content (AvgIpc) is 2.11. The van der Waals surface area contributed by atoms with Crippen molar-refractivity contribution in [3.8, 4) is 0 Å². The fraction of sp³-hybridized carbons (Fsp3) is 0.333. The summed E-state index contributed by atoms with van der Waals surface area (Å²) in [7, 11) is 0. The normalized spacial score (nSPS) is 10.4. The molecular formula is C9H10BrF2N. The molecule has 13 heavy (non-hydrogen) atoms. The maximum atomic E-state index is 13.0. The molecule has 0 atom stereocenters. The number of alkyl halides is 1. The molecule has 1 aromatic carbocycles. The van der Waals surface area contributed by atoms with Crippen molar-refractivity contribution in [3.05, 3.63) is 35.4 Å². The van der Waals surface area contributed by atoms with Crippen molar-refractivity contribution < 1.29 is 8.78 Å². The van der Waals surface area contributed by atoms with Gasteiger partial charge in [-0.15, -0.1) is 0 Å². The molecule has 4 heteroatoms.